The first-order valence-corrected chi connectivity index (χ1v) is 8.28. The Bertz CT molecular complexity index is 905. The van der Waals surface area contributed by atoms with Crippen LogP contribution < -0.4 is 5.43 Å². The lowest BCUT2D eigenvalue weighted by molar-refractivity contribution is -0.120. The van der Waals surface area contributed by atoms with E-state index in [1.54, 1.807) is 30.3 Å². The average Bonchev–Trinajstić information content (AvgIpc) is 3.04. The predicted molar refractivity (Wildman–Crippen MR) is 100 cm³/mol. The fourth-order valence-corrected chi connectivity index (χ4v) is 2.75. The number of carbonyl (C=O) groups excluding carboxylic acids is 1. The van der Waals surface area contributed by atoms with Gasteiger partial charge >= 0.3 is 0 Å². The number of nitrogens with one attached hydrogen (secondary N) is 1. The molecule has 2 aromatic carbocycles. The van der Waals surface area contributed by atoms with Crippen LogP contribution in [0.3, 0.4) is 0 Å². The van der Waals surface area contributed by atoms with Crippen molar-refractivity contribution in [3.8, 4) is 11.3 Å². The van der Waals surface area contributed by atoms with E-state index in [9.17, 15) is 4.79 Å². The van der Waals surface area contributed by atoms with Gasteiger partial charge in [0.05, 0.1) is 17.7 Å². The van der Waals surface area contributed by atoms with E-state index in [4.69, 9.17) is 27.6 Å². The smallest absolute Gasteiger partial charge is 0.244 e. The normalized spacial score (nSPS) is 11.0. The summed E-state index contributed by atoms with van der Waals surface area (Å²) in [5.41, 5.74) is 4.13. The van der Waals surface area contributed by atoms with Gasteiger partial charge in [0.1, 0.15) is 11.5 Å². The van der Waals surface area contributed by atoms with Crippen LogP contribution in [-0.4, -0.2) is 12.1 Å². The SMILES string of the molecule is O=C(Cc1ccccc1)N/N=C\c1ccc(-c2ccc(Cl)cc2Cl)o1. The molecule has 0 fully saturated rings. The second-order valence-electron chi connectivity index (χ2n) is 5.28. The number of rotatable bonds is 5. The predicted octanol–water partition coefficient (Wildman–Crippen LogP) is 4.95. The van der Waals surface area contributed by atoms with Gasteiger partial charge in [-0.1, -0.05) is 53.5 Å². The Morgan fingerprint density at radius 3 is 2.64 bits per heavy atom. The van der Waals surface area contributed by atoms with Gasteiger partial charge in [-0.25, -0.2) is 5.43 Å². The van der Waals surface area contributed by atoms with E-state index in [2.05, 4.69) is 10.5 Å². The third kappa shape index (κ3) is 4.72. The van der Waals surface area contributed by atoms with Crippen LogP contribution in [0.5, 0.6) is 0 Å². The molecule has 0 radical (unpaired) electrons. The minimum absolute atomic E-state index is 0.199. The van der Waals surface area contributed by atoms with Crippen molar-refractivity contribution in [1.29, 1.82) is 0 Å². The highest BCUT2D eigenvalue weighted by Crippen LogP contribution is 2.31. The Hall–Kier alpha value is -2.56. The zero-order chi connectivity index (χ0) is 17.6. The van der Waals surface area contributed by atoms with Crippen LogP contribution in [0.15, 0.2) is 70.2 Å². The van der Waals surface area contributed by atoms with Crippen molar-refractivity contribution in [2.45, 2.75) is 6.42 Å². The molecule has 1 amide bonds. The van der Waals surface area contributed by atoms with E-state index in [1.165, 1.54) is 6.21 Å². The van der Waals surface area contributed by atoms with E-state index in [0.29, 0.717) is 21.6 Å². The Labute approximate surface area is 155 Å². The molecular weight excluding hydrogens is 359 g/mol. The van der Waals surface area contributed by atoms with Crippen LogP contribution in [0.2, 0.25) is 10.0 Å². The van der Waals surface area contributed by atoms with Crippen molar-refractivity contribution in [2.24, 2.45) is 5.10 Å². The van der Waals surface area contributed by atoms with Crippen molar-refractivity contribution in [2.75, 3.05) is 0 Å². The molecule has 0 unspecified atom stereocenters. The van der Waals surface area contributed by atoms with Crippen LogP contribution >= 0.6 is 23.2 Å². The molecule has 0 spiro atoms. The lowest BCUT2D eigenvalue weighted by atomic mass is 10.1. The molecule has 0 aliphatic rings. The second-order valence-corrected chi connectivity index (χ2v) is 6.13. The molecule has 4 nitrogen and oxygen atoms in total. The number of carbonyl (C=O) groups is 1. The highest BCUT2D eigenvalue weighted by Gasteiger charge is 2.08. The molecule has 0 atom stereocenters. The molecule has 1 aromatic heterocycles. The van der Waals surface area contributed by atoms with E-state index >= 15 is 0 Å². The maximum Gasteiger partial charge on any atom is 0.244 e. The maximum absolute atomic E-state index is 11.8. The summed E-state index contributed by atoms with van der Waals surface area (Å²) in [7, 11) is 0. The Kier molecular flexibility index (Phi) is 5.53. The lowest BCUT2D eigenvalue weighted by Gasteiger charge is -2.01. The Morgan fingerprint density at radius 2 is 1.88 bits per heavy atom. The topological polar surface area (TPSA) is 54.6 Å². The summed E-state index contributed by atoms with van der Waals surface area (Å²) in [5.74, 6) is 0.898. The fourth-order valence-electron chi connectivity index (χ4n) is 2.24. The number of amides is 1. The minimum Gasteiger partial charge on any atom is -0.455 e. The van der Waals surface area contributed by atoms with E-state index < -0.39 is 0 Å². The molecule has 3 aromatic rings. The molecule has 3 rings (SSSR count). The van der Waals surface area contributed by atoms with Gasteiger partial charge in [0, 0.05) is 10.6 Å². The Balaban J connectivity index is 1.61. The first-order valence-electron chi connectivity index (χ1n) is 7.53. The zero-order valence-electron chi connectivity index (χ0n) is 13.1. The van der Waals surface area contributed by atoms with Crippen molar-refractivity contribution in [3.05, 3.63) is 82.0 Å². The van der Waals surface area contributed by atoms with Crippen LogP contribution in [-0.2, 0) is 11.2 Å². The van der Waals surface area contributed by atoms with Gasteiger partial charge in [0.15, 0.2) is 0 Å². The highest BCUT2D eigenvalue weighted by molar-refractivity contribution is 6.36. The Morgan fingerprint density at radius 1 is 1.08 bits per heavy atom. The largest absolute Gasteiger partial charge is 0.455 e. The van der Waals surface area contributed by atoms with Crippen molar-refractivity contribution in [3.63, 3.8) is 0 Å². The first kappa shape index (κ1) is 17.3. The minimum atomic E-state index is -0.199. The summed E-state index contributed by atoms with van der Waals surface area (Å²) in [6, 6.07) is 18.1. The molecule has 0 saturated heterocycles. The summed E-state index contributed by atoms with van der Waals surface area (Å²) in [5, 5.41) is 4.97. The summed E-state index contributed by atoms with van der Waals surface area (Å²) in [4.78, 5) is 11.8. The highest BCUT2D eigenvalue weighted by atomic mass is 35.5. The lowest BCUT2D eigenvalue weighted by Crippen LogP contribution is -2.19. The molecule has 25 heavy (non-hydrogen) atoms. The average molecular weight is 373 g/mol. The number of hydrogen-bond acceptors (Lipinski definition) is 3. The number of halogens is 2. The zero-order valence-corrected chi connectivity index (χ0v) is 14.6. The van der Waals surface area contributed by atoms with Crippen molar-refractivity contribution in [1.82, 2.24) is 5.43 Å². The monoisotopic (exact) mass is 372 g/mol. The van der Waals surface area contributed by atoms with E-state index in [1.807, 2.05) is 30.3 Å². The number of benzene rings is 2. The standard InChI is InChI=1S/C19H14Cl2N2O2/c20-14-6-8-16(17(21)11-14)18-9-7-15(25-18)12-22-23-19(24)10-13-4-2-1-3-5-13/h1-9,11-12H,10H2,(H,23,24)/b22-12-. The van der Waals surface area contributed by atoms with Crippen LogP contribution in [0.25, 0.3) is 11.3 Å². The molecule has 1 N–H and O–H groups in total. The summed E-state index contributed by atoms with van der Waals surface area (Å²) < 4.78 is 5.66. The summed E-state index contributed by atoms with van der Waals surface area (Å²) >= 11 is 12.1. The molecule has 1 heterocycles. The van der Waals surface area contributed by atoms with Gasteiger partial charge in [-0.3, -0.25) is 4.79 Å². The summed E-state index contributed by atoms with van der Waals surface area (Å²) in [6.45, 7) is 0. The number of furan rings is 1. The summed E-state index contributed by atoms with van der Waals surface area (Å²) in [6.07, 6.45) is 1.71. The molecule has 0 saturated carbocycles. The number of nitrogens with zero attached hydrogens (tertiary/aromatic N) is 1. The number of hydrogen-bond donors (Lipinski definition) is 1. The van der Waals surface area contributed by atoms with Gasteiger partial charge in [0.25, 0.3) is 0 Å². The molecular formula is C19H14Cl2N2O2. The molecule has 0 aliphatic heterocycles. The molecule has 126 valence electrons. The van der Waals surface area contributed by atoms with Gasteiger partial charge < -0.3 is 4.42 Å². The van der Waals surface area contributed by atoms with Gasteiger partial charge in [-0.05, 0) is 35.9 Å². The van der Waals surface area contributed by atoms with Crippen LogP contribution in [0, 0.1) is 0 Å². The van der Waals surface area contributed by atoms with Crippen LogP contribution in [0.1, 0.15) is 11.3 Å². The molecule has 0 aliphatic carbocycles. The fraction of sp³-hybridized carbons (Fsp3) is 0.0526. The van der Waals surface area contributed by atoms with Gasteiger partial charge in [-0.2, -0.15) is 5.10 Å². The first-order chi connectivity index (χ1) is 12.1. The molecule has 0 bridgehead atoms. The third-order valence-corrected chi connectivity index (χ3v) is 3.96. The third-order valence-electron chi connectivity index (χ3n) is 3.41. The van der Waals surface area contributed by atoms with Gasteiger partial charge in [0.2, 0.25) is 5.91 Å². The van der Waals surface area contributed by atoms with Gasteiger partial charge in [-0.15, -0.1) is 0 Å². The van der Waals surface area contributed by atoms with E-state index in [0.717, 1.165) is 11.1 Å². The quantitative estimate of drug-likeness (QED) is 0.508. The van der Waals surface area contributed by atoms with Crippen molar-refractivity contribution < 1.29 is 9.21 Å². The number of hydrazone groups is 1. The maximum atomic E-state index is 11.8. The van der Waals surface area contributed by atoms with Crippen molar-refractivity contribution >= 4 is 35.3 Å². The van der Waals surface area contributed by atoms with E-state index in [-0.39, 0.29) is 12.3 Å². The molecule has 6 heteroatoms. The second kappa shape index (κ2) is 8.01. The van der Waals surface area contributed by atoms with Crippen LogP contribution in [0.4, 0.5) is 0 Å².